The van der Waals surface area contributed by atoms with Crippen molar-refractivity contribution in [3.05, 3.63) is 64.9 Å². The van der Waals surface area contributed by atoms with Crippen LogP contribution in [0.5, 0.6) is 0 Å². The fraction of sp³-hybridized carbons (Fsp3) is 0.391. The molecule has 29 heavy (non-hydrogen) atoms. The first-order chi connectivity index (χ1) is 14.1. The summed E-state index contributed by atoms with van der Waals surface area (Å²) in [5.74, 6) is 1.35. The molecule has 2 heterocycles. The van der Waals surface area contributed by atoms with Crippen LogP contribution in [0.15, 0.2) is 48.5 Å². The van der Waals surface area contributed by atoms with Crippen molar-refractivity contribution in [3.8, 4) is 0 Å². The fourth-order valence-corrected chi connectivity index (χ4v) is 4.21. The normalized spacial score (nSPS) is 15.7. The number of hydrogen-bond acceptors (Lipinski definition) is 3. The Hall–Kier alpha value is -2.37. The number of nitrogens with zero attached hydrogens (tertiary/aromatic N) is 3. The summed E-state index contributed by atoms with van der Waals surface area (Å²) in [5.41, 5.74) is 3.32. The third-order valence-electron chi connectivity index (χ3n) is 5.75. The number of imidazole rings is 1. The van der Waals surface area contributed by atoms with Gasteiger partial charge in [0.05, 0.1) is 17.6 Å². The van der Waals surface area contributed by atoms with Crippen LogP contribution < -0.4 is 5.32 Å². The van der Waals surface area contributed by atoms with Gasteiger partial charge in [-0.15, -0.1) is 0 Å². The number of fused-ring (bicyclic) bond motifs is 1. The van der Waals surface area contributed by atoms with Gasteiger partial charge in [0, 0.05) is 24.0 Å². The summed E-state index contributed by atoms with van der Waals surface area (Å²) in [6.07, 6.45) is 1.78. The van der Waals surface area contributed by atoms with Crippen LogP contribution in [0.25, 0.3) is 11.0 Å². The Morgan fingerprint density at radius 3 is 2.59 bits per heavy atom. The van der Waals surface area contributed by atoms with Gasteiger partial charge in [-0.25, -0.2) is 4.98 Å². The van der Waals surface area contributed by atoms with Crippen LogP contribution in [0.1, 0.15) is 31.2 Å². The monoisotopic (exact) mass is 410 g/mol. The van der Waals surface area contributed by atoms with Gasteiger partial charge in [-0.3, -0.25) is 9.69 Å². The van der Waals surface area contributed by atoms with E-state index in [1.165, 1.54) is 5.52 Å². The Morgan fingerprint density at radius 1 is 1.14 bits per heavy atom. The van der Waals surface area contributed by atoms with Crippen molar-refractivity contribution in [2.45, 2.75) is 39.4 Å². The molecule has 1 fully saturated rings. The highest BCUT2D eigenvalue weighted by molar-refractivity contribution is 6.30. The maximum absolute atomic E-state index is 12.5. The Bertz CT molecular complexity index is 974. The molecule has 0 radical (unpaired) electrons. The molecule has 2 aromatic carbocycles. The van der Waals surface area contributed by atoms with E-state index in [9.17, 15) is 4.79 Å². The average molecular weight is 411 g/mol. The van der Waals surface area contributed by atoms with Gasteiger partial charge in [0.15, 0.2) is 0 Å². The van der Waals surface area contributed by atoms with Crippen molar-refractivity contribution >= 4 is 28.5 Å². The van der Waals surface area contributed by atoms with Crippen LogP contribution in [0.4, 0.5) is 0 Å². The number of piperidine rings is 1. The highest BCUT2D eigenvalue weighted by Gasteiger charge is 2.25. The zero-order valence-electron chi connectivity index (χ0n) is 16.8. The predicted octanol–water partition coefficient (Wildman–Crippen LogP) is 4.24. The van der Waals surface area contributed by atoms with Crippen LogP contribution in [-0.2, 0) is 24.4 Å². The minimum absolute atomic E-state index is 0.0866. The molecule has 152 valence electrons. The standard InChI is InChI=1S/C23H27ClN4O/c1-2-28-21-6-4-3-5-20(21)26-22(28)16-27-13-11-18(12-14-27)23(29)25-15-17-7-9-19(24)10-8-17/h3-10,18H,2,11-16H2,1H3,(H,25,29). The number of carbonyl (C=O) groups excluding carboxylic acids is 1. The number of aryl methyl sites for hydroxylation is 1. The first-order valence-electron chi connectivity index (χ1n) is 10.3. The second-order valence-corrected chi connectivity index (χ2v) is 8.09. The highest BCUT2D eigenvalue weighted by atomic mass is 35.5. The molecule has 0 atom stereocenters. The summed E-state index contributed by atoms with van der Waals surface area (Å²) in [5, 5.41) is 3.78. The summed E-state index contributed by atoms with van der Waals surface area (Å²) in [6.45, 7) is 6.31. The maximum atomic E-state index is 12.5. The molecular weight excluding hydrogens is 384 g/mol. The number of amides is 1. The summed E-state index contributed by atoms with van der Waals surface area (Å²) in [4.78, 5) is 19.8. The largest absolute Gasteiger partial charge is 0.352 e. The van der Waals surface area contributed by atoms with E-state index < -0.39 is 0 Å². The van der Waals surface area contributed by atoms with E-state index >= 15 is 0 Å². The third kappa shape index (κ3) is 4.62. The van der Waals surface area contributed by atoms with Crippen molar-refractivity contribution in [2.75, 3.05) is 13.1 Å². The van der Waals surface area contributed by atoms with Gasteiger partial charge in [0.25, 0.3) is 0 Å². The summed E-state index contributed by atoms with van der Waals surface area (Å²) in [7, 11) is 0. The fourth-order valence-electron chi connectivity index (χ4n) is 4.09. The van der Waals surface area contributed by atoms with Gasteiger partial charge < -0.3 is 9.88 Å². The van der Waals surface area contributed by atoms with Crippen LogP contribution in [0.2, 0.25) is 5.02 Å². The van der Waals surface area contributed by atoms with Crippen molar-refractivity contribution in [1.29, 1.82) is 0 Å². The minimum atomic E-state index is 0.0866. The molecule has 0 unspecified atom stereocenters. The number of rotatable bonds is 6. The molecular formula is C23H27ClN4O. The maximum Gasteiger partial charge on any atom is 0.223 e. The zero-order chi connectivity index (χ0) is 20.2. The smallest absolute Gasteiger partial charge is 0.223 e. The molecule has 0 saturated carbocycles. The molecule has 1 saturated heterocycles. The quantitative estimate of drug-likeness (QED) is 0.661. The van der Waals surface area contributed by atoms with E-state index in [1.807, 2.05) is 30.3 Å². The highest BCUT2D eigenvalue weighted by Crippen LogP contribution is 2.22. The van der Waals surface area contributed by atoms with Crippen molar-refractivity contribution < 1.29 is 4.79 Å². The van der Waals surface area contributed by atoms with E-state index in [0.29, 0.717) is 11.6 Å². The molecule has 0 aliphatic carbocycles. The Kier molecular flexibility index (Phi) is 6.16. The molecule has 1 aromatic heterocycles. The first-order valence-corrected chi connectivity index (χ1v) is 10.7. The lowest BCUT2D eigenvalue weighted by Crippen LogP contribution is -2.40. The summed E-state index contributed by atoms with van der Waals surface area (Å²) in [6, 6.07) is 15.9. The second kappa shape index (κ2) is 8.97. The SMILES string of the molecule is CCn1c(CN2CCC(C(=O)NCc3ccc(Cl)cc3)CC2)nc2ccccc21. The van der Waals surface area contributed by atoms with Gasteiger partial charge in [-0.1, -0.05) is 35.9 Å². The van der Waals surface area contributed by atoms with Gasteiger partial charge in [0.1, 0.15) is 5.82 Å². The Balaban J connectivity index is 1.30. The Labute approximate surface area is 176 Å². The molecule has 1 amide bonds. The average Bonchev–Trinajstić information content (AvgIpc) is 3.10. The number of likely N-dealkylation sites (tertiary alicyclic amines) is 1. The van der Waals surface area contributed by atoms with Gasteiger partial charge in [-0.05, 0) is 62.7 Å². The number of halogens is 1. The number of hydrogen-bond donors (Lipinski definition) is 1. The number of aromatic nitrogens is 2. The summed E-state index contributed by atoms with van der Waals surface area (Å²) < 4.78 is 2.29. The molecule has 1 N–H and O–H groups in total. The molecule has 6 heteroatoms. The van der Waals surface area contributed by atoms with Crippen LogP contribution in [0.3, 0.4) is 0 Å². The molecule has 3 aromatic rings. The van der Waals surface area contributed by atoms with Crippen molar-refractivity contribution in [1.82, 2.24) is 19.8 Å². The second-order valence-electron chi connectivity index (χ2n) is 7.66. The van der Waals surface area contributed by atoms with E-state index in [4.69, 9.17) is 16.6 Å². The first kappa shape index (κ1) is 19.9. The lowest BCUT2D eigenvalue weighted by atomic mass is 9.96. The van der Waals surface area contributed by atoms with Gasteiger partial charge >= 0.3 is 0 Å². The predicted molar refractivity (Wildman–Crippen MR) is 117 cm³/mol. The van der Waals surface area contributed by atoms with Crippen LogP contribution >= 0.6 is 11.6 Å². The topological polar surface area (TPSA) is 50.2 Å². The minimum Gasteiger partial charge on any atom is -0.352 e. The molecule has 1 aliphatic heterocycles. The molecule has 1 aliphatic rings. The van der Waals surface area contributed by atoms with Crippen LogP contribution in [-0.4, -0.2) is 33.4 Å². The van der Waals surface area contributed by atoms with Gasteiger partial charge in [-0.2, -0.15) is 0 Å². The molecule has 4 rings (SSSR count). The van der Waals surface area contributed by atoms with E-state index in [2.05, 4.69) is 39.9 Å². The van der Waals surface area contributed by atoms with Gasteiger partial charge in [0.2, 0.25) is 5.91 Å². The van der Waals surface area contributed by atoms with Crippen molar-refractivity contribution in [3.63, 3.8) is 0 Å². The lowest BCUT2D eigenvalue weighted by molar-refractivity contribution is -0.126. The lowest BCUT2D eigenvalue weighted by Gasteiger charge is -2.31. The molecule has 0 bridgehead atoms. The van der Waals surface area contributed by atoms with Crippen LogP contribution in [0, 0.1) is 5.92 Å². The van der Waals surface area contributed by atoms with E-state index in [0.717, 1.165) is 55.9 Å². The molecule has 0 spiro atoms. The van der Waals surface area contributed by atoms with E-state index in [-0.39, 0.29) is 11.8 Å². The zero-order valence-corrected chi connectivity index (χ0v) is 17.5. The molecule has 5 nitrogen and oxygen atoms in total. The number of nitrogens with one attached hydrogen (secondary N) is 1. The number of carbonyl (C=O) groups is 1. The van der Waals surface area contributed by atoms with Crippen molar-refractivity contribution in [2.24, 2.45) is 5.92 Å². The number of para-hydroxylation sites is 2. The Morgan fingerprint density at radius 2 is 1.86 bits per heavy atom. The number of benzene rings is 2. The van der Waals surface area contributed by atoms with E-state index in [1.54, 1.807) is 0 Å². The summed E-state index contributed by atoms with van der Waals surface area (Å²) >= 11 is 5.91. The third-order valence-corrected chi connectivity index (χ3v) is 6.01.